The lowest BCUT2D eigenvalue weighted by Gasteiger charge is -1.96. The molecule has 0 aliphatic rings. The van der Waals surface area contributed by atoms with Gasteiger partial charge < -0.3 is 15.1 Å². The number of nitrogens with two attached hydrogens (primary N) is 1. The molecule has 0 aliphatic carbocycles. The van der Waals surface area contributed by atoms with E-state index >= 15 is 0 Å². The Bertz CT molecular complexity index is 556. The lowest BCUT2D eigenvalue weighted by molar-refractivity contribution is 0.473. The van der Waals surface area contributed by atoms with Gasteiger partial charge in [0.05, 0.1) is 6.04 Å². The molecular formula is C10H12N4O2. The van der Waals surface area contributed by atoms with Crippen molar-refractivity contribution in [2.75, 3.05) is 0 Å². The monoisotopic (exact) mass is 220 g/mol. The Morgan fingerprint density at radius 2 is 2.25 bits per heavy atom. The van der Waals surface area contributed by atoms with Crippen LogP contribution in [0.4, 0.5) is 0 Å². The van der Waals surface area contributed by atoms with Gasteiger partial charge in [-0.1, -0.05) is 0 Å². The molecule has 0 amide bonds. The first-order valence-electron chi connectivity index (χ1n) is 4.86. The third kappa shape index (κ3) is 1.87. The van der Waals surface area contributed by atoms with E-state index in [9.17, 15) is 4.79 Å². The molecule has 0 bridgehead atoms. The summed E-state index contributed by atoms with van der Waals surface area (Å²) in [6.45, 7) is 3.53. The van der Waals surface area contributed by atoms with Crippen molar-refractivity contribution in [1.82, 2.24) is 15.2 Å². The number of rotatable bonds is 2. The van der Waals surface area contributed by atoms with E-state index in [1.54, 1.807) is 20.0 Å². The Labute approximate surface area is 91.5 Å². The third-order valence-electron chi connectivity index (χ3n) is 2.12. The number of pyridine rings is 1. The van der Waals surface area contributed by atoms with Crippen molar-refractivity contribution in [2.45, 2.75) is 19.9 Å². The van der Waals surface area contributed by atoms with Gasteiger partial charge in [0, 0.05) is 18.0 Å². The van der Waals surface area contributed by atoms with Crippen LogP contribution < -0.4 is 11.2 Å². The minimum absolute atomic E-state index is 0.156. The van der Waals surface area contributed by atoms with E-state index in [1.807, 2.05) is 0 Å². The molecule has 2 aromatic rings. The van der Waals surface area contributed by atoms with Crippen LogP contribution in [0.3, 0.4) is 0 Å². The molecule has 0 saturated carbocycles. The third-order valence-corrected chi connectivity index (χ3v) is 2.12. The molecule has 2 heterocycles. The molecule has 0 spiro atoms. The summed E-state index contributed by atoms with van der Waals surface area (Å²) in [5, 5.41) is 7.54. The normalized spacial score (nSPS) is 12.7. The van der Waals surface area contributed by atoms with Gasteiger partial charge in [-0.05, 0) is 13.8 Å². The van der Waals surface area contributed by atoms with Gasteiger partial charge in [-0.15, -0.1) is 10.2 Å². The number of nitrogens with zero attached hydrogens (tertiary/aromatic N) is 2. The molecule has 6 nitrogen and oxygen atoms in total. The van der Waals surface area contributed by atoms with Crippen LogP contribution >= 0.6 is 0 Å². The summed E-state index contributed by atoms with van der Waals surface area (Å²) < 4.78 is 5.28. The number of hydrogen-bond donors (Lipinski definition) is 2. The maximum atomic E-state index is 11.6. The summed E-state index contributed by atoms with van der Waals surface area (Å²) in [5.74, 6) is 0.503. The van der Waals surface area contributed by atoms with Gasteiger partial charge in [0.1, 0.15) is 5.56 Å². The van der Waals surface area contributed by atoms with Crippen LogP contribution in [0.5, 0.6) is 0 Å². The maximum Gasteiger partial charge on any atom is 0.253 e. The molecule has 6 heteroatoms. The quantitative estimate of drug-likeness (QED) is 0.778. The maximum absolute atomic E-state index is 11.6. The van der Waals surface area contributed by atoms with Gasteiger partial charge in [0.15, 0.2) is 5.43 Å². The number of aromatic amines is 1. The number of H-pyrrole nitrogens is 1. The predicted octanol–water partition coefficient (Wildman–Crippen LogP) is 0.753. The van der Waals surface area contributed by atoms with Crippen LogP contribution in [0, 0.1) is 6.92 Å². The highest BCUT2D eigenvalue weighted by Gasteiger charge is 2.13. The largest absolute Gasteiger partial charge is 0.419 e. The van der Waals surface area contributed by atoms with Gasteiger partial charge >= 0.3 is 0 Å². The van der Waals surface area contributed by atoms with Crippen LogP contribution in [0.25, 0.3) is 11.5 Å². The average molecular weight is 220 g/mol. The Morgan fingerprint density at radius 1 is 1.50 bits per heavy atom. The Hall–Kier alpha value is -1.95. The molecule has 0 aromatic carbocycles. The summed E-state index contributed by atoms with van der Waals surface area (Å²) >= 11 is 0. The molecule has 1 atom stereocenters. The van der Waals surface area contributed by atoms with E-state index in [0.29, 0.717) is 11.5 Å². The summed E-state index contributed by atoms with van der Waals surface area (Å²) in [7, 11) is 0. The smallest absolute Gasteiger partial charge is 0.253 e. The lowest BCUT2D eigenvalue weighted by atomic mass is 10.2. The van der Waals surface area contributed by atoms with Crippen molar-refractivity contribution in [3.05, 3.63) is 34.1 Å². The average Bonchev–Trinajstić information content (AvgIpc) is 2.66. The number of nitrogens with one attached hydrogen (secondary N) is 1. The van der Waals surface area contributed by atoms with Crippen molar-refractivity contribution < 1.29 is 4.42 Å². The molecule has 2 aromatic heterocycles. The zero-order valence-electron chi connectivity index (χ0n) is 9.02. The second kappa shape index (κ2) is 3.90. The number of aromatic nitrogens is 3. The standard InChI is InChI=1S/C10H12N4O2/c1-5-3-8(15)7(4-12-5)10-14-13-9(16-10)6(2)11/h3-4,6H,11H2,1-2H3,(H,12,15). The van der Waals surface area contributed by atoms with Gasteiger partial charge in [-0.3, -0.25) is 4.79 Å². The highest BCUT2D eigenvalue weighted by Crippen LogP contribution is 2.15. The summed E-state index contributed by atoms with van der Waals surface area (Å²) in [4.78, 5) is 14.6. The SMILES string of the molecule is Cc1cc(=O)c(-c2nnc(C(C)N)o2)c[nH]1. The first kappa shape index (κ1) is 10.6. The van der Waals surface area contributed by atoms with E-state index in [2.05, 4.69) is 15.2 Å². The lowest BCUT2D eigenvalue weighted by Crippen LogP contribution is -2.05. The minimum atomic E-state index is -0.342. The van der Waals surface area contributed by atoms with E-state index in [-0.39, 0.29) is 17.4 Å². The summed E-state index contributed by atoms with van der Waals surface area (Å²) in [5.41, 5.74) is 6.56. The fourth-order valence-electron chi connectivity index (χ4n) is 1.27. The van der Waals surface area contributed by atoms with Crippen LogP contribution in [0.2, 0.25) is 0 Å². The predicted molar refractivity (Wildman–Crippen MR) is 57.7 cm³/mol. The van der Waals surface area contributed by atoms with Gasteiger partial charge in [-0.2, -0.15) is 0 Å². The van der Waals surface area contributed by atoms with Crippen LogP contribution in [0.1, 0.15) is 24.6 Å². The van der Waals surface area contributed by atoms with E-state index in [0.717, 1.165) is 5.69 Å². The van der Waals surface area contributed by atoms with Crippen molar-refractivity contribution in [1.29, 1.82) is 0 Å². The van der Waals surface area contributed by atoms with Crippen molar-refractivity contribution in [2.24, 2.45) is 5.73 Å². The molecule has 84 valence electrons. The first-order valence-corrected chi connectivity index (χ1v) is 4.86. The molecule has 0 aliphatic heterocycles. The summed E-state index contributed by atoms with van der Waals surface area (Å²) in [6, 6.07) is 1.14. The zero-order valence-corrected chi connectivity index (χ0v) is 9.02. The summed E-state index contributed by atoms with van der Waals surface area (Å²) in [6.07, 6.45) is 1.55. The number of hydrogen-bond acceptors (Lipinski definition) is 5. The zero-order chi connectivity index (χ0) is 11.7. The van der Waals surface area contributed by atoms with Gasteiger partial charge in [0.25, 0.3) is 5.89 Å². The Balaban J connectivity index is 2.47. The van der Waals surface area contributed by atoms with E-state index in [1.165, 1.54) is 6.07 Å². The molecule has 0 fully saturated rings. The van der Waals surface area contributed by atoms with Gasteiger partial charge in [0.2, 0.25) is 5.89 Å². The van der Waals surface area contributed by atoms with Crippen LogP contribution in [-0.2, 0) is 0 Å². The fraction of sp³-hybridized carbons (Fsp3) is 0.300. The van der Waals surface area contributed by atoms with E-state index in [4.69, 9.17) is 10.2 Å². The molecule has 16 heavy (non-hydrogen) atoms. The molecular weight excluding hydrogens is 208 g/mol. The Morgan fingerprint density at radius 3 is 2.81 bits per heavy atom. The molecule has 0 saturated heterocycles. The van der Waals surface area contributed by atoms with E-state index < -0.39 is 0 Å². The number of aryl methyl sites for hydroxylation is 1. The Kier molecular flexibility index (Phi) is 2.57. The van der Waals surface area contributed by atoms with Crippen molar-refractivity contribution >= 4 is 0 Å². The van der Waals surface area contributed by atoms with Crippen molar-refractivity contribution in [3.63, 3.8) is 0 Å². The van der Waals surface area contributed by atoms with Crippen LogP contribution in [0.15, 0.2) is 21.5 Å². The first-order chi connectivity index (χ1) is 7.58. The molecule has 0 radical (unpaired) electrons. The minimum Gasteiger partial charge on any atom is -0.419 e. The second-order valence-corrected chi connectivity index (χ2v) is 3.63. The van der Waals surface area contributed by atoms with Crippen LogP contribution in [-0.4, -0.2) is 15.2 Å². The molecule has 1 unspecified atom stereocenters. The topological polar surface area (TPSA) is 97.8 Å². The molecule has 2 rings (SSSR count). The van der Waals surface area contributed by atoms with Gasteiger partial charge in [-0.25, -0.2) is 0 Å². The second-order valence-electron chi connectivity index (χ2n) is 3.63. The highest BCUT2D eigenvalue weighted by molar-refractivity contribution is 5.50. The highest BCUT2D eigenvalue weighted by atomic mass is 16.4. The van der Waals surface area contributed by atoms with Crippen molar-refractivity contribution in [3.8, 4) is 11.5 Å². The fourth-order valence-corrected chi connectivity index (χ4v) is 1.27. The molecule has 3 N–H and O–H groups in total.